The van der Waals surface area contributed by atoms with Crippen LogP contribution in [-0.2, 0) is 6.54 Å². The van der Waals surface area contributed by atoms with Crippen LogP contribution in [0.4, 0.5) is 0 Å². The number of nitrogens with zero attached hydrogens (tertiary/aromatic N) is 4. The van der Waals surface area contributed by atoms with Gasteiger partial charge in [0.15, 0.2) is 5.65 Å². The Morgan fingerprint density at radius 2 is 1.62 bits per heavy atom. The van der Waals surface area contributed by atoms with Crippen LogP contribution < -0.4 is 10.4 Å². The average Bonchev–Trinajstić information content (AvgIpc) is 3.15. The van der Waals surface area contributed by atoms with Crippen molar-refractivity contribution in [2.75, 3.05) is 7.11 Å². The molecule has 7 heteroatoms. The van der Waals surface area contributed by atoms with E-state index in [1.165, 1.54) is 4.68 Å². The minimum Gasteiger partial charge on any atom is -0.497 e. The molecule has 0 fully saturated rings. The van der Waals surface area contributed by atoms with E-state index in [2.05, 4.69) is 4.98 Å². The predicted molar refractivity (Wildman–Crippen MR) is 125 cm³/mol. The number of rotatable bonds is 5. The Labute approximate surface area is 189 Å². The maximum Gasteiger partial charge on any atom is 0.350 e. The Bertz CT molecular complexity index is 1440. The average molecular weight is 443 g/mol. The van der Waals surface area contributed by atoms with Gasteiger partial charge in [-0.1, -0.05) is 35.9 Å². The first kappa shape index (κ1) is 20.0. The number of halogens is 1. The standard InChI is InChI=1S/C25H19ClN4O2/c1-32-21-8-2-17(3-9-21)16-30-25(31)29-15-12-22(18-4-6-20(26)7-5-18)23(24(29)28-30)19-10-13-27-14-11-19/h2-15H,16H2,1H3. The maximum absolute atomic E-state index is 13.1. The largest absolute Gasteiger partial charge is 0.497 e. The van der Waals surface area contributed by atoms with E-state index in [0.717, 1.165) is 33.6 Å². The summed E-state index contributed by atoms with van der Waals surface area (Å²) in [7, 11) is 1.63. The molecule has 0 amide bonds. The minimum atomic E-state index is -0.200. The summed E-state index contributed by atoms with van der Waals surface area (Å²) in [5.41, 5.74) is 5.08. The highest BCUT2D eigenvalue weighted by Crippen LogP contribution is 2.34. The third-order valence-corrected chi connectivity index (χ3v) is 5.62. The van der Waals surface area contributed by atoms with Crippen LogP contribution in [0.1, 0.15) is 5.56 Å². The van der Waals surface area contributed by atoms with Crippen LogP contribution >= 0.6 is 11.6 Å². The van der Waals surface area contributed by atoms with Crippen molar-refractivity contribution < 1.29 is 4.74 Å². The van der Waals surface area contributed by atoms with Crippen molar-refractivity contribution in [3.63, 3.8) is 0 Å². The first-order valence-electron chi connectivity index (χ1n) is 10.1. The second kappa shape index (κ2) is 8.32. The molecule has 0 atom stereocenters. The van der Waals surface area contributed by atoms with Crippen molar-refractivity contribution in [3.05, 3.63) is 106 Å². The summed E-state index contributed by atoms with van der Waals surface area (Å²) < 4.78 is 8.28. The number of pyridine rings is 2. The van der Waals surface area contributed by atoms with E-state index in [1.807, 2.05) is 66.7 Å². The fraction of sp³-hybridized carbons (Fsp3) is 0.0800. The third-order valence-electron chi connectivity index (χ3n) is 5.37. The van der Waals surface area contributed by atoms with Gasteiger partial charge < -0.3 is 4.74 Å². The second-order valence-electron chi connectivity index (χ2n) is 7.33. The van der Waals surface area contributed by atoms with E-state index in [0.29, 0.717) is 17.2 Å². The van der Waals surface area contributed by atoms with Crippen molar-refractivity contribution >= 4 is 17.2 Å². The van der Waals surface area contributed by atoms with Gasteiger partial charge in [-0.2, -0.15) is 0 Å². The van der Waals surface area contributed by atoms with Gasteiger partial charge in [-0.25, -0.2) is 13.9 Å². The summed E-state index contributed by atoms with van der Waals surface area (Å²) in [6, 6.07) is 21.0. The summed E-state index contributed by atoms with van der Waals surface area (Å²) in [4.78, 5) is 17.3. The summed E-state index contributed by atoms with van der Waals surface area (Å²) in [6.07, 6.45) is 5.23. The van der Waals surface area contributed by atoms with E-state index in [1.54, 1.807) is 30.1 Å². The molecule has 0 saturated heterocycles. The fourth-order valence-electron chi connectivity index (χ4n) is 3.76. The van der Waals surface area contributed by atoms with E-state index in [4.69, 9.17) is 21.4 Å². The summed E-state index contributed by atoms with van der Waals surface area (Å²) >= 11 is 6.09. The van der Waals surface area contributed by atoms with E-state index in [9.17, 15) is 4.79 Å². The van der Waals surface area contributed by atoms with Crippen molar-refractivity contribution in [1.29, 1.82) is 0 Å². The van der Waals surface area contributed by atoms with Crippen LogP contribution in [0.2, 0.25) is 5.02 Å². The molecule has 0 aliphatic carbocycles. The zero-order chi connectivity index (χ0) is 22.1. The summed E-state index contributed by atoms with van der Waals surface area (Å²) in [6.45, 7) is 0.358. The molecule has 32 heavy (non-hydrogen) atoms. The quantitative estimate of drug-likeness (QED) is 0.387. The topological polar surface area (TPSA) is 61.4 Å². The van der Waals surface area contributed by atoms with Gasteiger partial charge in [0.05, 0.1) is 13.7 Å². The Morgan fingerprint density at radius 3 is 2.31 bits per heavy atom. The van der Waals surface area contributed by atoms with Crippen molar-refractivity contribution in [2.45, 2.75) is 6.54 Å². The lowest BCUT2D eigenvalue weighted by atomic mass is 9.96. The molecule has 0 unspecified atom stereocenters. The molecule has 158 valence electrons. The molecule has 0 aliphatic heterocycles. The zero-order valence-corrected chi connectivity index (χ0v) is 18.0. The lowest BCUT2D eigenvalue weighted by molar-refractivity contribution is 0.414. The van der Waals surface area contributed by atoms with Crippen molar-refractivity contribution in [3.8, 4) is 28.0 Å². The molecule has 0 N–H and O–H groups in total. The first-order valence-corrected chi connectivity index (χ1v) is 10.4. The van der Waals surface area contributed by atoms with E-state index < -0.39 is 0 Å². The minimum absolute atomic E-state index is 0.200. The number of methoxy groups -OCH3 is 1. The molecule has 0 aliphatic rings. The fourth-order valence-corrected chi connectivity index (χ4v) is 3.88. The highest BCUT2D eigenvalue weighted by atomic mass is 35.5. The molecule has 3 aromatic heterocycles. The Morgan fingerprint density at radius 1 is 0.906 bits per heavy atom. The number of fused-ring (bicyclic) bond motifs is 1. The number of benzene rings is 2. The van der Waals surface area contributed by atoms with Crippen LogP contribution in [0.5, 0.6) is 5.75 Å². The van der Waals surface area contributed by atoms with Gasteiger partial charge in [-0.3, -0.25) is 4.98 Å². The van der Waals surface area contributed by atoms with Gasteiger partial charge in [-0.05, 0) is 64.7 Å². The van der Waals surface area contributed by atoms with Gasteiger partial charge in [-0.15, -0.1) is 5.10 Å². The van der Waals surface area contributed by atoms with Gasteiger partial charge in [0.25, 0.3) is 0 Å². The van der Waals surface area contributed by atoms with Gasteiger partial charge in [0.1, 0.15) is 5.75 Å². The number of ether oxygens (including phenoxy) is 1. The summed E-state index contributed by atoms with van der Waals surface area (Å²) in [5.74, 6) is 0.767. The van der Waals surface area contributed by atoms with Crippen LogP contribution in [0.15, 0.2) is 90.1 Å². The summed E-state index contributed by atoms with van der Waals surface area (Å²) in [5, 5.41) is 5.39. The SMILES string of the molecule is COc1ccc(Cn2nc3c(-c4ccncc4)c(-c4ccc(Cl)cc4)ccn3c2=O)cc1. The van der Waals surface area contributed by atoms with Gasteiger partial charge in [0, 0.05) is 29.2 Å². The normalized spacial score (nSPS) is 11.1. The third kappa shape index (κ3) is 3.65. The molecular weight excluding hydrogens is 424 g/mol. The molecule has 3 heterocycles. The molecule has 0 spiro atoms. The van der Waals surface area contributed by atoms with Crippen LogP contribution in [0, 0.1) is 0 Å². The Hall–Kier alpha value is -3.90. The lowest BCUT2D eigenvalue weighted by Crippen LogP contribution is -2.21. The Balaban J connectivity index is 1.69. The predicted octanol–water partition coefficient (Wildman–Crippen LogP) is 4.94. The Kier molecular flexibility index (Phi) is 5.21. The lowest BCUT2D eigenvalue weighted by Gasteiger charge is -2.11. The number of aromatic nitrogens is 4. The molecule has 5 rings (SSSR count). The molecule has 0 bridgehead atoms. The molecule has 6 nitrogen and oxygen atoms in total. The van der Waals surface area contributed by atoms with E-state index in [-0.39, 0.29) is 5.69 Å². The van der Waals surface area contributed by atoms with Crippen LogP contribution in [-0.4, -0.2) is 26.3 Å². The van der Waals surface area contributed by atoms with Crippen LogP contribution in [0.3, 0.4) is 0 Å². The zero-order valence-electron chi connectivity index (χ0n) is 17.3. The molecule has 0 radical (unpaired) electrons. The van der Waals surface area contributed by atoms with Crippen molar-refractivity contribution in [1.82, 2.24) is 19.2 Å². The first-order chi connectivity index (χ1) is 15.6. The maximum atomic E-state index is 13.1. The number of hydrogen-bond donors (Lipinski definition) is 0. The molecular formula is C25H19ClN4O2. The molecule has 2 aromatic carbocycles. The van der Waals surface area contributed by atoms with Gasteiger partial charge in [0.2, 0.25) is 0 Å². The monoisotopic (exact) mass is 442 g/mol. The molecule has 5 aromatic rings. The molecule has 0 saturated carbocycles. The van der Waals surface area contributed by atoms with Gasteiger partial charge >= 0.3 is 5.69 Å². The second-order valence-corrected chi connectivity index (χ2v) is 7.77. The van der Waals surface area contributed by atoms with Crippen LogP contribution in [0.25, 0.3) is 27.9 Å². The van der Waals surface area contributed by atoms with Crippen molar-refractivity contribution in [2.24, 2.45) is 0 Å². The highest BCUT2D eigenvalue weighted by molar-refractivity contribution is 6.30. The highest BCUT2D eigenvalue weighted by Gasteiger charge is 2.17. The number of hydrogen-bond acceptors (Lipinski definition) is 4. The smallest absolute Gasteiger partial charge is 0.350 e. The van der Waals surface area contributed by atoms with E-state index >= 15 is 0 Å².